The number of carbonyl (C=O) groups is 2. The average molecular weight is 665 g/mol. The smallest absolute Gasteiger partial charge is 0.264 e. The minimum absolute atomic E-state index is 0.00248. The van der Waals surface area contributed by atoms with Crippen molar-refractivity contribution in [2.24, 2.45) is 0 Å². The summed E-state index contributed by atoms with van der Waals surface area (Å²) in [5.41, 5.74) is 0.505. The first-order valence-electron chi connectivity index (χ1n) is 14.5. The molecule has 1 saturated carbocycles. The Morgan fingerprint density at radius 1 is 0.977 bits per heavy atom. The normalized spacial score (nSPS) is 14.5. The first-order valence-corrected chi connectivity index (χ1v) is 16.7. The van der Waals surface area contributed by atoms with Crippen LogP contribution in [0.25, 0.3) is 0 Å². The summed E-state index contributed by atoms with van der Waals surface area (Å²) in [4.78, 5) is 29.1. The van der Waals surface area contributed by atoms with Crippen LogP contribution in [0.5, 0.6) is 5.75 Å². The molecule has 0 radical (unpaired) electrons. The van der Waals surface area contributed by atoms with Gasteiger partial charge in [0, 0.05) is 28.2 Å². The summed E-state index contributed by atoms with van der Waals surface area (Å²) in [5.74, 6) is -1.11. The molecule has 3 aromatic carbocycles. The second-order valence-corrected chi connectivity index (χ2v) is 13.3. The summed E-state index contributed by atoms with van der Waals surface area (Å²) in [6, 6.07) is 14.5. The highest BCUT2D eigenvalue weighted by molar-refractivity contribution is 7.92. The number of hydrogen-bond donors (Lipinski definition) is 1. The molecule has 0 unspecified atom stereocenters. The lowest BCUT2D eigenvalue weighted by molar-refractivity contribution is -0.140. The fourth-order valence-electron chi connectivity index (χ4n) is 5.33. The van der Waals surface area contributed by atoms with Crippen LogP contribution in [0, 0.1) is 5.82 Å². The van der Waals surface area contributed by atoms with Crippen molar-refractivity contribution in [3.63, 3.8) is 0 Å². The van der Waals surface area contributed by atoms with Gasteiger partial charge in [0.15, 0.2) is 0 Å². The van der Waals surface area contributed by atoms with Crippen LogP contribution >= 0.6 is 23.2 Å². The lowest BCUT2D eigenvalue weighted by atomic mass is 9.95. The quantitative estimate of drug-likeness (QED) is 0.236. The maximum Gasteiger partial charge on any atom is 0.264 e. The molecule has 0 aromatic heterocycles. The van der Waals surface area contributed by atoms with Gasteiger partial charge in [-0.25, -0.2) is 12.8 Å². The third kappa shape index (κ3) is 8.02. The van der Waals surface area contributed by atoms with E-state index in [1.165, 1.54) is 48.4 Å². The summed E-state index contributed by atoms with van der Waals surface area (Å²) in [6.45, 7) is 0.981. The van der Waals surface area contributed by atoms with E-state index in [0.717, 1.165) is 48.5 Å². The van der Waals surface area contributed by atoms with Gasteiger partial charge in [0.25, 0.3) is 10.0 Å². The molecule has 0 bridgehead atoms. The molecule has 1 atom stereocenters. The summed E-state index contributed by atoms with van der Waals surface area (Å²) in [5, 5.41) is 3.70. The van der Waals surface area contributed by atoms with E-state index in [0.29, 0.717) is 21.4 Å². The van der Waals surface area contributed by atoms with E-state index >= 15 is 0 Å². The maximum absolute atomic E-state index is 14.3. The molecule has 4 rings (SSSR count). The molecule has 0 aliphatic heterocycles. The largest absolute Gasteiger partial charge is 0.497 e. The van der Waals surface area contributed by atoms with E-state index in [1.807, 2.05) is 0 Å². The molecular weight excluding hydrogens is 628 g/mol. The van der Waals surface area contributed by atoms with Gasteiger partial charge in [0.05, 0.1) is 17.7 Å². The Labute approximate surface area is 268 Å². The van der Waals surface area contributed by atoms with Crippen LogP contribution in [0.2, 0.25) is 10.0 Å². The van der Waals surface area contributed by atoms with Gasteiger partial charge >= 0.3 is 0 Å². The van der Waals surface area contributed by atoms with Crippen LogP contribution in [0.3, 0.4) is 0 Å². The number of nitrogens with one attached hydrogen (secondary N) is 1. The van der Waals surface area contributed by atoms with Gasteiger partial charge in [-0.15, -0.1) is 0 Å². The van der Waals surface area contributed by atoms with E-state index in [2.05, 4.69) is 5.32 Å². The highest BCUT2D eigenvalue weighted by Crippen LogP contribution is 2.29. The van der Waals surface area contributed by atoms with Gasteiger partial charge in [0.1, 0.15) is 24.2 Å². The van der Waals surface area contributed by atoms with Gasteiger partial charge in [0.2, 0.25) is 11.8 Å². The molecule has 0 spiro atoms. The number of ether oxygens (including phenoxy) is 1. The van der Waals surface area contributed by atoms with Crippen molar-refractivity contribution >= 4 is 50.7 Å². The third-order valence-corrected chi connectivity index (χ3v) is 10.3. The van der Waals surface area contributed by atoms with Crippen molar-refractivity contribution in [1.29, 1.82) is 0 Å². The van der Waals surface area contributed by atoms with Crippen LogP contribution < -0.4 is 14.4 Å². The number of anilines is 1. The predicted octanol–water partition coefficient (Wildman–Crippen LogP) is 6.59. The van der Waals surface area contributed by atoms with Crippen molar-refractivity contribution in [1.82, 2.24) is 10.2 Å². The number of rotatable bonds is 12. The van der Waals surface area contributed by atoms with Crippen molar-refractivity contribution in [2.45, 2.75) is 69.0 Å². The summed E-state index contributed by atoms with van der Waals surface area (Å²) in [7, 11) is -2.87. The summed E-state index contributed by atoms with van der Waals surface area (Å²) >= 11 is 13.0. The van der Waals surface area contributed by atoms with Crippen molar-refractivity contribution in [3.8, 4) is 5.75 Å². The van der Waals surface area contributed by atoms with Gasteiger partial charge < -0.3 is 15.0 Å². The lowest BCUT2D eigenvalue weighted by Gasteiger charge is -2.34. The molecule has 0 heterocycles. The Hall–Kier alpha value is -3.34. The van der Waals surface area contributed by atoms with Crippen molar-refractivity contribution in [2.75, 3.05) is 18.0 Å². The monoisotopic (exact) mass is 663 g/mol. The molecule has 236 valence electrons. The number of benzene rings is 3. The number of halogens is 3. The van der Waals surface area contributed by atoms with Crippen LogP contribution in [0.4, 0.5) is 10.1 Å². The number of amides is 2. The maximum atomic E-state index is 14.3. The van der Waals surface area contributed by atoms with Crippen molar-refractivity contribution in [3.05, 3.63) is 88.2 Å². The molecule has 1 aliphatic carbocycles. The highest BCUT2D eigenvalue weighted by Gasteiger charge is 2.35. The molecule has 2 amide bonds. The van der Waals surface area contributed by atoms with Crippen LogP contribution in [-0.4, -0.2) is 50.9 Å². The van der Waals surface area contributed by atoms with E-state index in [9.17, 15) is 22.4 Å². The zero-order chi connectivity index (χ0) is 31.9. The Morgan fingerprint density at radius 2 is 1.59 bits per heavy atom. The minimum Gasteiger partial charge on any atom is -0.497 e. The van der Waals surface area contributed by atoms with E-state index in [1.54, 1.807) is 25.1 Å². The number of methoxy groups -OCH3 is 1. The van der Waals surface area contributed by atoms with Crippen LogP contribution in [0.1, 0.15) is 51.0 Å². The predicted molar refractivity (Wildman–Crippen MR) is 170 cm³/mol. The molecule has 3 aromatic rings. The molecule has 1 aliphatic rings. The summed E-state index contributed by atoms with van der Waals surface area (Å²) < 4.78 is 47.9. The van der Waals surface area contributed by atoms with Gasteiger partial charge in [-0.05, 0) is 79.9 Å². The van der Waals surface area contributed by atoms with Gasteiger partial charge in [-0.2, -0.15) is 0 Å². The Kier molecular flexibility index (Phi) is 11.5. The number of sulfonamides is 1. The molecule has 12 heteroatoms. The van der Waals surface area contributed by atoms with E-state index < -0.39 is 34.3 Å². The second kappa shape index (κ2) is 15.1. The fourth-order valence-corrected chi connectivity index (χ4v) is 7.26. The molecule has 0 saturated heterocycles. The number of hydrogen-bond acceptors (Lipinski definition) is 5. The fraction of sp³-hybridized carbons (Fsp3) is 0.375. The molecule has 8 nitrogen and oxygen atoms in total. The molecule has 1 N–H and O–H groups in total. The SMILES string of the molecule is CC[C@@H](C(=O)NC1CCCCC1)N(Cc1c(Cl)cccc1Cl)C(=O)CN(c1ccc(F)cc1)S(=O)(=O)c1ccc(OC)cc1. The molecular formula is C32H36Cl2FN3O5S. The third-order valence-electron chi connectivity index (χ3n) is 7.77. The van der Waals surface area contributed by atoms with Crippen molar-refractivity contribution < 1.29 is 27.1 Å². The zero-order valence-electron chi connectivity index (χ0n) is 24.6. The summed E-state index contributed by atoms with van der Waals surface area (Å²) in [6.07, 6.45) is 5.09. The molecule has 44 heavy (non-hydrogen) atoms. The topological polar surface area (TPSA) is 96.0 Å². The van der Waals surface area contributed by atoms with E-state index in [4.69, 9.17) is 27.9 Å². The minimum atomic E-state index is -4.33. The van der Waals surface area contributed by atoms with Crippen LogP contribution in [0.15, 0.2) is 71.6 Å². The Balaban J connectivity index is 1.73. The Morgan fingerprint density at radius 3 is 2.16 bits per heavy atom. The number of carbonyl (C=O) groups excluding carboxylic acids is 2. The highest BCUT2D eigenvalue weighted by atomic mass is 35.5. The lowest BCUT2D eigenvalue weighted by Crippen LogP contribution is -2.54. The second-order valence-electron chi connectivity index (χ2n) is 10.7. The van der Waals surface area contributed by atoms with Crippen LogP contribution in [-0.2, 0) is 26.2 Å². The zero-order valence-corrected chi connectivity index (χ0v) is 27.0. The Bertz CT molecular complexity index is 1530. The molecule has 1 fully saturated rings. The standard InChI is InChI=1S/C32H36Cl2FN3O5S/c1-3-30(32(40)36-23-8-5-4-6-9-23)37(20-27-28(33)10-7-11-29(27)34)31(39)21-38(24-14-12-22(35)13-15-24)44(41,42)26-18-16-25(43-2)17-19-26/h7,10-19,23,30H,3-6,8-9,20-21H2,1-2H3,(H,36,40)/t30-/m0/s1. The van der Waals surface area contributed by atoms with Gasteiger partial charge in [-0.3, -0.25) is 13.9 Å². The van der Waals surface area contributed by atoms with Gasteiger partial charge in [-0.1, -0.05) is 55.5 Å². The van der Waals surface area contributed by atoms with E-state index in [-0.39, 0.29) is 35.5 Å². The first-order chi connectivity index (χ1) is 21.0. The average Bonchev–Trinajstić information content (AvgIpc) is 3.02. The first kappa shape index (κ1) is 33.6. The number of nitrogens with zero attached hydrogens (tertiary/aromatic N) is 2.